The number of aromatic nitrogens is 1. The Morgan fingerprint density at radius 3 is 2.44 bits per heavy atom. The summed E-state index contributed by atoms with van der Waals surface area (Å²) in [7, 11) is 0. The molecule has 1 amide bonds. The van der Waals surface area contributed by atoms with Crippen molar-refractivity contribution in [1.82, 2.24) is 15.2 Å². The highest BCUT2D eigenvalue weighted by Gasteiger charge is 2.33. The standard InChI is InChI=1S/C19H33N3O2S/c1-13(16-14(2)21-15(3)25-16)20-12-19(7)8-10-22(11-9-19)17(23)24-18(4,5)6/h13,20H,8-12H2,1-7H3. The van der Waals surface area contributed by atoms with Gasteiger partial charge in [0.15, 0.2) is 0 Å². The van der Waals surface area contributed by atoms with Crippen molar-refractivity contribution in [2.75, 3.05) is 19.6 Å². The highest BCUT2D eigenvalue weighted by molar-refractivity contribution is 7.11. The van der Waals surface area contributed by atoms with Gasteiger partial charge in [-0.15, -0.1) is 11.3 Å². The lowest BCUT2D eigenvalue weighted by atomic mass is 9.80. The van der Waals surface area contributed by atoms with Crippen molar-refractivity contribution in [3.05, 3.63) is 15.6 Å². The summed E-state index contributed by atoms with van der Waals surface area (Å²) in [6.07, 6.45) is 1.80. The van der Waals surface area contributed by atoms with Gasteiger partial charge in [-0.3, -0.25) is 0 Å². The number of nitrogens with one attached hydrogen (secondary N) is 1. The van der Waals surface area contributed by atoms with Crippen LogP contribution in [0, 0.1) is 19.3 Å². The van der Waals surface area contributed by atoms with Crippen LogP contribution in [-0.4, -0.2) is 41.2 Å². The molecule has 0 aromatic carbocycles. The molecule has 1 fully saturated rings. The first-order valence-corrected chi connectivity index (χ1v) is 9.96. The lowest BCUT2D eigenvalue weighted by Crippen LogP contribution is -2.47. The van der Waals surface area contributed by atoms with Gasteiger partial charge in [0.25, 0.3) is 0 Å². The van der Waals surface area contributed by atoms with E-state index in [1.807, 2.05) is 25.7 Å². The number of ether oxygens (including phenoxy) is 1. The van der Waals surface area contributed by atoms with Gasteiger partial charge >= 0.3 is 6.09 Å². The minimum atomic E-state index is -0.431. The number of hydrogen-bond donors (Lipinski definition) is 1. The predicted octanol–water partition coefficient (Wildman–Crippen LogP) is 4.45. The average molecular weight is 368 g/mol. The Kier molecular flexibility index (Phi) is 6.15. The molecule has 5 nitrogen and oxygen atoms in total. The number of rotatable bonds is 4. The third-order valence-electron chi connectivity index (χ3n) is 4.79. The van der Waals surface area contributed by atoms with Crippen molar-refractivity contribution in [2.24, 2.45) is 5.41 Å². The van der Waals surface area contributed by atoms with Gasteiger partial charge in [-0.2, -0.15) is 0 Å². The molecule has 2 heterocycles. The zero-order chi connectivity index (χ0) is 18.8. The Balaban J connectivity index is 1.84. The molecule has 142 valence electrons. The molecular weight excluding hydrogens is 334 g/mol. The lowest BCUT2D eigenvalue weighted by Gasteiger charge is -2.40. The summed E-state index contributed by atoms with van der Waals surface area (Å²) >= 11 is 1.77. The topological polar surface area (TPSA) is 54.5 Å². The van der Waals surface area contributed by atoms with Gasteiger partial charge in [0.2, 0.25) is 0 Å². The molecule has 0 radical (unpaired) electrons. The summed E-state index contributed by atoms with van der Waals surface area (Å²) in [5.74, 6) is 0. The Morgan fingerprint density at radius 2 is 1.96 bits per heavy atom. The van der Waals surface area contributed by atoms with Crippen molar-refractivity contribution in [3.8, 4) is 0 Å². The smallest absolute Gasteiger partial charge is 0.410 e. The minimum absolute atomic E-state index is 0.188. The number of aryl methyl sites for hydroxylation is 2. The monoisotopic (exact) mass is 367 g/mol. The molecule has 0 spiro atoms. The predicted molar refractivity (Wildman–Crippen MR) is 103 cm³/mol. The number of hydrogen-bond acceptors (Lipinski definition) is 5. The van der Waals surface area contributed by atoms with Crippen molar-refractivity contribution >= 4 is 17.4 Å². The van der Waals surface area contributed by atoms with Gasteiger partial charge in [-0.05, 0) is 59.8 Å². The van der Waals surface area contributed by atoms with E-state index in [2.05, 4.69) is 38.0 Å². The summed E-state index contributed by atoms with van der Waals surface area (Å²) in [5.41, 5.74) is 0.910. The van der Waals surface area contributed by atoms with Gasteiger partial charge in [0, 0.05) is 30.6 Å². The lowest BCUT2D eigenvalue weighted by molar-refractivity contribution is 0.0117. The van der Waals surface area contributed by atoms with E-state index in [1.54, 1.807) is 11.3 Å². The summed E-state index contributed by atoms with van der Waals surface area (Å²) in [5, 5.41) is 4.80. The van der Waals surface area contributed by atoms with Crippen LogP contribution in [0.15, 0.2) is 0 Å². The van der Waals surface area contributed by atoms with Crippen LogP contribution in [0.4, 0.5) is 4.79 Å². The van der Waals surface area contributed by atoms with E-state index in [9.17, 15) is 4.79 Å². The molecule has 25 heavy (non-hydrogen) atoms. The van der Waals surface area contributed by atoms with E-state index >= 15 is 0 Å². The number of amides is 1. The summed E-state index contributed by atoms with van der Waals surface area (Å²) in [6, 6.07) is 0.312. The normalized spacial score (nSPS) is 18.9. The van der Waals surface area contributed by atoms with Crippen LogP contribution >= 0.6 is 11.3 Å². The van der Waals surface area contributed by atoms with Gasteiger partial charge in [-0.25, -0.2) is 9.78 Å². The van der Waals surface area contributed by atoms with Crippen LogP contribution in [0.2, 0.25) is 0 Å². The number of nitrogens with zero attached hydrogens (tertiary/aromatic N) is 2. The first-order chi connectivity index (χ1) is 11.5. The van der Waals surface area contributed by atoms with E-state index < -0.39 is 5.60 Å². The maximum atomic E-state index is 12.2. The number of thiazole rings is 1. The highest BCUT2D eigenvalue weighted by atomic mass is 32.1. The van der Waals surface area contributed by atoms with Crippen molar-refractivity contribution in [1.29, 1.82) is 0 Å². The fourth-order valence-electron chi connectivity index (χ4n) is 3.17. The number of piperidine rings is 1. The van der Waals surface area contributed by atoms with Crippen molar-refractivity contribution in [2.45, 2.75) is 73.0 Å². The first kappa shape index (κ1) is 20.2. The molecule has 0 bridgehead atoms. The molecule has 6 heteroatoms. The third kappa shape index (κ3) is 5.68. The largest absolute Gasteiger partial charge is 0.444 e. The number of carbonyl (C=O) groups excluding carboxylic acids is 1. The van der Waals surface area contributed by atoms with Crippen molar-refractivity contribution < 1.29 is 9.53 Å². The van der Waals surface area contributed by atoms with Crippen LogP contribution in [0.25, 0.3) is 0 Å². The molecule has 2 rings (SSSR count). The van der Waals surface area contributed by atoms with E-state index in [0.29, 0.717) is 6.04 Å². The first-order valence-electron chi connectivity index (χ1n) is 9.14. The maximum absolute atomic E-state index is 12.2. The molecule has 1 aliphatic heterocycles. The van der Waals surface area contributed by atoms with Crippen LogP contribution < -0.4 is 5.32 Å². The second-order valence-electron chi connectivity index (χ2n) is 8.56. The zero-order valence-corrected chi connectivity index (χ0v) is 17.5. The quantitative estimate of drug-likeness (QED) is 0.854. The van der Waals surface area contributed by atoms with E-state index in [4.69, 9.17) is 4.74 Å². The summed E-state index contributed by atoms with van der Waals surface area (Å²) in [6.45, 7) is 16.9. The minimum Gasteiger partial charge on any atom is -0.444 e. The molecule has 1 aromatic rings. The molecule has 0 aliphatic carbocycles. The van der Waals surface area contributed by atoms with E-state index in [1.165, 1.54) is 4.88 Å². The molecule has 1 saturated heterocycles. The van der Waals surface area contributed by atoms with Crippen LogP contribution in [-0.2, 0) is 4.74 Å². The SMILES string of the molecule is Cc1nc(C)c(C(C)NCC2(C)CCN(C(=O)OC(C)(C)C)CC2)s1. The van der Waals surface area contributed by atoms with Gasteiger partial charge < -0.3 is 15.0 Å². The zero-order valence-electron chi connectivity index (χ0n) is 16.7. The average Bonchev–Trinajstić information content (AvgIpc) is 2.82. The van der Waals surface area contributed by atoms with E-state index in [0.717, 1.165) is 43.2 Å². The van der Waals surface area contributed by atoms with Crippen LogP contribution in [0.1, 0.15) is 69.1 Å². The van der Waals surface area contributed by atoms with Gasteiger partial charge in [0.1, 0.15) is 5.60 Å². The second-order valence-corrected chi connectivity index (χ2v) is 9.80. The Morgan fingerprint density at radius 1 is 1.36 bits per heavy atom. The third-order valence-corrected chi connectivity index (χ3v) is 6.05. The maximum Gasteiger partial charge on any atom is 0.410 e. The van der Waals surface area contributed by atoms with E-state index in [-0.39, 0.29) is 11.5 Å². The molecular formula is C19H33N3O2S. The molecule has 1 atom stereocenters. The fourth-order valence-corrected chi connectivity index (χ4v) is 4.13. The van der Waals surface area contributed by atoms with Crippen LogP contribution in [0.5, 0.6) is 0 Å². The Hall–Kier alpha value is -1.14. The number of likely N-dealkylation sites (tertiary alicyclic amines) is 1. The second kappa shape index (κ2) is 7.62. The molecule has 1 N–H and O–H groups in total. The highest BCUT2D eigenvalue weighted by Crippen LogP contribution is 2.32. The number of carbonyl (C=O) groups is 1. The fraction of sp³-hybridized carbons (Fsp3) is 0.789. The van der Waals surface area contributed by atoms with Gasteiger partial charge in [0.05, 0.1) is 10.7 Å². The Bertz CT molecular complexity index is 598. The van der Waals surface area contributed by atoms with Gasteiger partial charge in [-0.1, -0.05) is 6.92 Å². The molecule has 1 aromatic heterocycles. The molecule has 0 saturated carbocycles. The molecule has 1 aliphatic rings. The Labute approximate surface area is 156 Å². The summed E-state index contributed by atoms with van der Waals surface area (Å²) in [4.78, 5) is 19.9. The molecule has 1 unspecified atom stereocenters. The van der Waals surface area contributed by atoms with Crippen LogP contribution in [0.3, 0.4) is 0 Å². The van der Waals surface area contributed by atoms with Crippen molar-refractivity contribution in [3.63, 3.8) is 0 Å². The summed E-state index contributed by atoms with van der Waals surface area (Å²) < 4.78 is 5.48.